The minimum atomic E-state index is -0.767. The molecule has 2 N–H and O–H groups in total. The lowest BCUT2D eigenvalue weighted by molar-refractivity contribution is -0.201. The van der Waals surface area contributed by atoms with Gasteiger partial charge in [-0.2, -0.15) is 0 Å². The average Bonchev–Trinajstić information content (AvgIpc) is 2.44. The molecule has 0 saturated carbocycles. The lowest BCUT2D eigenvalue weighted by atomic mass is 9.98. The van der Waals surface area contributed by atoms with Crippen molar-refractivity contribution >= 4 is 17.3 Å². The molecule has 122 valence electrons. The zero-order valence-electron chi connectivity index (χ0n) is 13.0. The molecule has 0 atom stereocenters. The van der Waals surface area contributed by atoms with Gasteiger partial charge in [0.2, 0.25) is 0 Å². The highest BCUT2D eigenvalue weighted by Crippen LogP contribution is 2.25. The molecule has 2 rings (SSSR count). The molecule has 1 fully saturated rings. The number of carbonyl (C=O) groups excluding carboxylic acids is 1. The van der Waals surface area contributed by atoms with Crippen molar-refractivity contribution in [2.24, 2.45) is 5.41 Å². The molecule has 0 radical (unpaired) electrons. The van der Waals surface area contributed by atoms with Crippen molar-refractivity contribution in [2.45, 2.75) is 20.8 Å². The van der Waals surface area contributed by atoms with Crippen LogP contribution >= 0.6 is 0 Å². The molecule has 0 bridgehead atoms. The Morgan fingerprint density at radius 2 is 1.64 bits per heavy atom. The van der Waals surface area contributed by atoms with Crippen molar-refractivity contribution in [2.75, 3.05) is 36.8 Å². The summed E-state index contributed by atoms with van der Waals surface area (Å²) in [6, 6.07) is 2.43. The molecule has 0 spiro atoms. The monoisotopic (exact) mass is 313 g/mol. The summed E-state index contributed by atoms with van der Waals surface area (Å²) >= 11 is 0. The number of hydrogen-bond donors (Lipinski definition) is 1. The maximum atomic E-state index is 13.5. The van der Waals surface area contributed by atoms with Crippen molar-refractivity contribution in [1.82, 2.24) is 5.06 Å². The van der Waals surface area contributed by atoms with Crippen LogP contribution in [0.3, 0.4) is 0 Å². The van der Waals surface area contributed by atoms with Crippen LogP contribution < -0.4 is 10.6 Å². The van der Waals surface area contributed by atoms with Crippen molar-refractivity contribution < 1.29 is 18.4 Å². The van der Waals surface area contributed by atoms with E-state index < -0.39 is 22.7 Å². The Morgan fingerprint density at radius 1 is 1.14 bits per heavy atom. The molecule has 22 heavy (non-hydrogen) atoms. The third kappa shape index (κ3) is 3.65. The number of carbonyl (C=O) groups is 1. The Labute approximate surface area is 128 Å². The summed E-state index contributed by atoms with van der Waals surface area (Å²) in [6.07, 6.45) is 0. The summed E-state index contributed by atoms with van der Waals surface area (Å²) < 4.78 is 27.0. The number of anilines is 2. The van der Waals surface area contributed by atoms with Crippen molar-refractivity contribution in [1.29, 1.82) is 0 Å². The smallest absolute Gasteiger partial charge is 0.330 e. The largest absolute Gasteiger partial charge is 0.394 e. The Hall–Kier alpha value is -1.89. The van der Waals surface area contributed by atoms with Gasteiger partial charge in [0, 0.05) is 18.8 Å². The molecule has 1 heterocycles. The molecule has 0 aliphatic carbocycles. The standard InChI is InChI=1S/C15H21F2N3O2/c1-15(2,3)14(21)22-20-6-4-19(5-7-20)10-8-11(16)13(18)12(17)9-10/h8-9H,4-7,18H2,1-3H3. The van der Waals surface area contributed by atoms with Crippen LogP contribution in [-0.4, -0.2) is 37.2 Å². The predicted octanol–water partition coefficient (Wildman–Crippen LogP) is 2.17. The second kappa shape index (κ2) is 6.08. The molecule has 1 saturated heterocycles. The van der Waals surface area contributed by atoms with E-state index in [2.05, 4.69) is 0 Å². The van der Waals surface area contributed by atoms with Crippen molar-refractivity contribution in [3.05, 3.63) is 23.8 Å². The summed E-state index contributed by atoms with van der Waals surface area (Å²) in [4.78, 5) is 19.0. The van der Waals surface area contributed by atoms with Crippen LogP contribution in [0.1, 0.15) is 20.8 Å². The van der Waals surface area contributed by atoms with Gasteiger partial charge in [-0.3, -0.25) is 0 Å². The van der Waals surface area contributed by atoms with Gasteiger partial charge in [0.15, 0.2) is 11.6 Å². The summed E-state index contributed by atoms with van der Waals surface area (Å²) in [5.41, 5.74) is 4.66. The summed E-state index contributed by atoms with van der Waals surface area (Å²) in [5, 5.41) is 1.58. The SMILES string of the molecule is CC(C)(C)C(=O)ON1CCN(c2cc(F)c(N)c(F)c2)CC1. The first kappa shape index (κ1) is 16.5. The van der Waals surface area contributed by atoms with Gasteiger partial charge in [-0.1, -0.05) is 0 Å². The minimum absolute atomic E-state index is 0.300. The van der Waals surface area contributed by atoms with Crippen molar-refractivity contribution in [3.63, 3.8) is 0 Å². The maximum Gasteiger partial charge on any atom is 0.330 e. The van der Waals surface area contributed by atoms with Gasteiger partial charge in [0.05, 0.1) is 18.5 Å². The highest BCUT2D eigenvalue weighted by atomic mass is 19.1. The average molecular weight is 313 g/mol. The Morgan fingerprint density at radius 3 is 2.09 bits per heavy atom. The van der Waals surface area contributed by atoms with E-state index in [1.165, 1.54) is 12.1 Å². The van der Waals surface area contributed by atoms with Gasteiger partial charge in [-0.25, -0.2) is 13.6 Å². The van der Waals surface area contributed by atoms with Gasteiger partial charge in [0.1, 0.15) is 5.69 Å². The first-order valence-electron chi connectivity index (χ1n) is 7.15. The Kier molecular flexibility index (Phi) is 4.55. The van der Waals surface area contributed by atoms with E-state index >= 15 is 0 Å². The normalized spacial score (nSPS) is 16.7. The summed E-state index contributed by atoms with van der Waals surface area (Å²) in [7, 11) is 0. The minimum Gasteiger partial charge on any atom is -0.394 e. The Balaban J connectivity index is 1.97. The molecule has 7 heteroatoms. The molecule has 1 aromatic rings. The fraction of sp³-hybridized carbons (Fsp3) is 0.533. The number of halogens is 2. The quantitative estimate of drug-likeness (QED) is 0.848. The van der Waals surface area contributed by atoms with Crippen LogP contribution in [0.5, 0.6) is 0 Å². The third-order valence-corrected chi connectivity index (χ3v) is 3.49. The number of rotatable bonds is 2. The fourth-order valence-corrected chi connectivity index (χ4v) is 2.05. The van der Waals surface area contributed by atoms with Crippen LogP contribution in [0.4, 0.5) is 20.2 Å². The first-order valence-corrected chi connectivity index (χ1v) is 7.15. The van der Waals surface area contributed by atoms with Crippen molar-refractivity contribution in [3.8, 4) is 0 Å². The predicted molar refractivity (Wildman–Crippen MR) is 80.1 cm³/mol. The number of benzene rings is 1. The van der Waals surface area contributed by atoms with Gasteiger partial charge in [0.25, 0.3) is 0 Å². The van der Waals surface area contributed by atoms with Gasteiger partial charge in [-0.05, 0) is 32.9 Å². The first-order chi connectivity index (χ1) is 10.2. The van der Waals surface area contributed by atoms with E-state index in [4.69, 9.17) is 10.6 Å². The molecule has 0 amide bonds. The zero-order chi connectivity index (χ0) is 16.5. The number of nitrogens with zero attached hydrogens (tertiary/aromatic N) is 2. The summed E-state index contributed by atoms with van der Waals surface area (Å²) in [5.74, 6) is -1.83. The molecule has 1 aromatic carbocycles. The molecular weight excluding hydrogens is 292 g/mol. The Bertz CT molecular complexity index is 541. The van der Waals surface area contributed by atoms with Crippen LogP contribution in [0, 0.1) is 17.0 Å². The lowest BCUT2D eigenvalue weighted by Gasteiger charge is -2.35. The van der Waals surface area contributed by atoms with E-state index in [9.17, 15) is 13.6 Å². The number of piperazine rings is 1. The topological polar surface area (TPSA) is 58.8 Å². The van der Waals surface area contributed by atoms with Crippen LogP contribution in [0.15, 0.2) is 12.1 Å². The van der Waals surface area contributed by atoms with Crippen LogP contribution in [0.2, 0.25) is 0 Å². The van der Waals surface area contributed by atoms with Gasteiger partial charge in [-0.15, -0.1) is 5.06 Å². The summed E-state index contributed by atoms with van der Waals surface area (Å²) in [6.45, 7) is 7.29. The second-order valence-corrected chi connectivity index (χ2v) is 6.37. The molecule has 0 unspecified atom stereocenters. The zero-order valence-corrected chi connectivity index (χ0v) is 13.0. The van der Waals surface area contributed by atoms with Crippen LogP contribution in [0.25, 0.3) is 0 Å². The van der Waals surface area contributed by atoms with Gasteiger partial charge < -0.3 is 15.5 Å². The molecule has 5 nitrogen and oxygen atoms in total. The fourth-order valence-electron chi connectivity index (χ4n) is 2.05. The van der Waals surface area contributed by atoms with E-state index in [-0.39, 0.29) is 5.97 Å². The van der Waals surface area contributed by atoms with E-state index in [0.717, 1.165) is 0 Å². The van der Waals surface area contributed by atoms with E-state index in [0.29, 0.717) is 31.9 Å². The third-order valence-electron chi connectivity index (χ3n) is 3.49. The lowest BCUT2D eigenvalue weighted by Crippen LogP contribution is -2.48. The second-order valence-electron chi connectivity index (χ2n) is 6.37. The number of hydroxylamine groups is 2. The highest BCUT2D eigenvalue weighted by Gasteiger charge is 2.28. The number of nitrogen functional groups attached to an aromatic ring is 1. The number of hydrogen-bond acceptors (Lipinski definition) is 5. The molecular formula is C15H21F2N3O2. The van der Waals surface area contributed by atoms with E-state index in [1.807, 2.05) is 4.90 Å². The van der Waals surface area contributed by atoms with Crippen LogP contribution in [-0.2, 0) is 9.63 Å². The maximum absolute atomic E-state index is 13.5. The molecule has 1 aliphatic rings. The number of nitrogens with two attached hydrogens (primary N) is 1. The van der Waals surface area contributed by atoms with E-state index in [1.54, 1.807) is 25.8 Å². The molecule has 1 aliphatic heterocycles. The van der Waals surface area contributed by atoms with Gasteiger partial charge >= 0.3 is 5.97 Å². The highest BCUT2D eigenvalue weighted by molar-refractivity contribution is 5.75. The molecule has 0 aromatic heterocycles.